The SMILES string of the molecule is COc1ccc(OC(=O)[C@H](O)[C@@H](O)C(=O)Oc2ccc(OC)cc2)cc1. The van der Waals surface area contributed by atoms with Crippen molar-refractivity contribution in [2.75, 3.05) is 14.2 Å². The van der Waals surface area contributed by atoms with Crippen molar-refractivity contribution in [3.63, 3.8) is 0 Å². The van der Waals surface area contributed by atoms with Gasteiger partial charge in [0.1, 0.15) is 23.0 Å². The summed E-state index contributed by atoms with van der Waals surface area (Å²) >= 11 is 0. The van der Waals surface area contributed by atoms with E-state index in [0.29, 0.717) is 11.5 Å². The van der Waals surface area contributed by atoms with E-state index in [0.717, 1.165) is 0 Å². The molecule has 8 nitrogen and oxygen atoms in total. The van der Waals surface area contributed by atoms with Gasteiger partial charge < -0.3 is 29.2 Å². The van der Waals surface area contributed by atoms with Crippen molar-refractivity contribution in [2.24, 2.45) is 0 Å². The third kappa shape index (κ3) is 4.95. The minimum atomic E-state index is -2.11. The van der Waals surface area contributed by atoms with Crippen molar-refractivity contribution in [1.82, 2.24) is 0 Å². The lowest BCUT2D eigenvalue weighted by Gasteiger charge is -2.16. The molecule has 2 rings (SSSR count). The molecule has 138 valence electrons. The summed E-state index contributed by atoms with van der Waals surface area (Å²) in [6, 6.07) is 11.9. The average Bonchev–Trinajstić information content (AvgIpc) is 2.67. The Morgan fingerprint density at radius 3 is 1.19 bits per heavy atom. The van der Waals surface area contributed by atoms with Crippen LogP contribution >= 0.6 is 0 Å². The zero-order chi connectivity index (χ0) is 19.1. The summed E-state index contributed by atoms with van der Waals surface area (Å²) in [5.41, 5.74) is 0. The fourth-order valence-corrected chi connectivity index (χ4v) is 1.90. The standard InChI is InChI=1S/C18H18O8/c1-23-11-3-7-13(8-4-11)25-17(21)15(19)16(20)18(22)26-14-9-5-12(24-2)6-10-14/h3-10,15-16,19-20H,1-2H3/t15-,16-/m1/s1. The van der Waals surface area contributed by atoms with Crippen molar-refractivity contribution < 1.29 is 38.7 Å². The first-order chi connectivity index (χ1) is 12.4. The van der Waals surface area contributed by atoms with Crippen LogP contribution in [0.25, 0.3) is 0 Å². The van der Waals surface area contributed by atoms with Crippen LogP contribution in [0.5, 0.6) is 23.0 Å². The Kier molecular flexibility index (Phi) is 6.54. The number of methoxy groups -OCH3 is 2. The Bertz CT molecular complexity index is 673. The van der Waals surface area contributed by atoms with E-state index in [1.54, 1.807) is 24.3 Å². The predicted molar refractivity (Wildman–Crippen MR) is 89.3 cm³/mol. The summed E-state index contributed by atoms with van der Waals surface area (Å²) in [7, 11) is 2.96. The summed E-state index contributed by atoms with van der Waals surface area (Å²) in [4.78, 5) is 23.7. The molecular weight excluding hydrogens is 344 g/mol. The number of hydrogen-bond acceptors (Lipinski definition) is 8. The van der Waals surface area contributed by atoms with E-state index in [2.05, 4.69) is 0 Å². The van der Waals surface area contributed by atoms with Crippen LogP contribution in [0.3, 0.4) is 0 Å². The number of hydrogen-bond donors (Lipinski definition) is 2. The van der Waals surface area contributed by atoms with Crippen molar-refractivity contribution in [2.45, 2.75) is 12.2 Å². The number of aliphatic hydroxyl groups excluding tert-OH is 2. The second-order valence-electron chi connectivity index (χ2n) is 5.08. The van der Waals surface area contributed by atoms with Crippen molar-refractivity contribution in [3.05, 3.63) is 48.5 Å². The highest BCUT2D eigenvalue weighted by Crippen LogP contribution is 2.19. The lowest BCUT2D eigenvalue weighted by Crippen LogP contribution is -2.43. The van der Waals surface area contributed by atoms with Gasteiger partial charge in [-0.05, 0) is 48.5 Å². The Morgan fingerprint density at radius 1 is 0.654 bits per heavy atom. The number of esters is 2. The highest BCUT2D eigenvalue weighted by atomic mass is 16.6. The number of carbonyl (C=O) groups is 2. The zero-order valence-corrected chi connectivity index (χ0v) is 14.1. The van der Waals surface area contributed by atoms with Crippen LogP contribution in [0, 0.1) is 0 Å². The molecule has 2 aromatic carbocycles. The van der Waals surface area contributed by atoms with Crippen molar-refractivity contribution in [1.29, 1.82) is 0 Å². The first-order valence-electron chi connectivity index (χ1n) is 7.52. The highest BCUT2D eigenvalue weighted by Gasteiger charge is 2.33. The van der Waals surface area contributed by atoms with Crippen LogP contribution in [0.4, 0.5) is 0 Å². The van der Waals surface area contributed by atoms with Gasteiger partial charge in [0.05, 0.1) is 14.2 Å². The molecule has 26 heavy (non-hydrogen) atoms. The van der Waals surface area contributed by atoms with Crippen LogP contribution in [0.15, 0.2) is 48.5 Å². The van der Waals surface area contributed by atoms with Crippen LogP contribution in [0.2, 0.25) is 0 Å². The van der Waals surface area contributed by atoms with Gasteiger partial charge in [-0.3, -0.25) is 0 Å². The molecule has 0 aromatic heterocycles. The monoisotopic (exact) mass is 362 g/mol. The second-order valence-corrected chi connectivity index (χ2v) is 5.08. The van der Waals surface area contributed by atoms with Gasteiger partial charge in [-0.1, -0.05) is 0 Å². The molecule has 0 amide bonds. The Balaban J connectivity index is 1.94. The first-order valence-corrected chi connectivity index (χ1v) is 7.52. The molecule has 0 aliphatic heterocycles. The van der Waals surface area contributed by atoms with E-state index in [-0.39, 0.29) is 11.5 Å². The van der Waals surface area contributed by atoms with Gasteiger partial charge in [0.25, 0.3) is 0 Å². The smallest absolute Gasteiger partial charge is 0.343 e. The molecule has 0 heterocycles. The first kappa shape index (κ1) is 19.2. The number of aliphatic hydroxyl groups is 2. The van der Waals surface area contributed by atoms with Gasteiger partial charge in [-0.2, -0.15) is 0 Å². The van der Waals surface area contributed by atoms with Gasteiger partial charge >= 0.3 is 11.9 Å². The van der Waals surface area contributed by atoms with Gasteiger partial charge in [0.2, 0.25) is 0 Å². The van der Waals surface area contributed by atoms with Crippen LogP contribution in [-0.2, 0) is 9.59 Å². The molecule has 2 aromatic rings. The van der Waals surface area contributed by atoms with Gasteiger partial charge in [-0.15, -0.1) is 0 Å². The minimum Gasteiger partial charge on any atom is -0.497 e. The summed E-state index contributed by atoms with van der Waals surface area (Å²) in [6.07, 6.45) is -4.22. The number of ether oxygens (including phenoxy) is 4. The number of benzene rings is 2. The van der Waals surface area contributed by atoms with Gasteiger partial charge in [-0.25, -0.2) is 9.59 Å². The predicted octanol–water partition coefficient (Wildman–Crippen LogP) is 0.937. The zero-order valence-electron chi connectivity index (χ0n) is 14.1. The second kappa shape index (κ2) is 8.84. The van der Waals surface area contributed by atoms with E-state index in [1.165, 1.54) is 38.5 Å². The minimum absolute atomic E-state index is 0.116. The van der Waals surface area contributed by atoms with Gasteiger partial charge in [0, 0.05) is 0 Å². The maximum Gasteiger partial charge on any atom is 0.343 e. The van der Waals surface area contributed by atoms with Gasteiger partial charge in [0.15, 0.2) is 12.2 Å². The fourth-order valence-electron chi connectivity index (χ4n) is 1.90. The molecule has 0 saturated heterocycles. The summed E-state index contributed by atoms with van der Waals surface area (Å²) in [5.74, 6) is -1.07. The Hall–Kier alpha value is -3.10. The summed E-state index contributed by atoms with van der Waals surface area (Å²) in [5, 5.41) is 19.6. The maximum absolute atomic E-state index is 11.9. The van der Waals surface area contributed by atoms with Crippen molar-refractivity contribution in [3.8, 4) is 23.0 Å². The number of rotatable bonds is 7. The molecule has 2 N–H and O–H groups in total. The average molecular weight is 362 g/mol. The third-order valence-electron chi connectivity index (χ3n) is 3.34. The Morgan fingerprint density at radius 2 is 0.923 bits per heavy atom. The molecule has 8 heteroatoms. The quantitative estimate of drug-likeness (QED) is 0.553. The van der Waals surface area contributed by atoms with Crippen molar-refractivity contribution >= 4 is 11.9 Å². The largest absolute Gasteiger partial charge is 0.497 e. The number of carbonyl (C=O) groups excluding carboxylic acids is 2. The molecular formula is C18H18O8. The lowest BCUT2D eigenvalue weighted by molar-refractivity contribution is -0.162. The molecule has 2 atom stereocenters. The van der Waals surface area contributed by atoms with Crippen LogP contribution in [0.1, 0.15) is 0 Å². The van der Waals surface area contributed by atoms with E-state index < -0.39 is 24.1 Å². The van der Waals surface area contributed by atoms with E-state index in [9.17, 15) is 19.8 Å². The topological polar surface area (TPSA) is 112 Å². The lowest BCUT2D eigenvalue weighted by atomic mass is 10.2. The molecule has 0 aliphatic rings. The Labute approximate surface area is 149 Å². The summed E-state index contributed by atoms with van der Waals surface area (Å²) in [6.45, 7) is 0. The van der Waals surface area contributed by atoms with Crippen LogP contribution < -0.4 is 18.9 Å². The third-order valence-corrected chi connectivity index (χ3v) is 3.34. The highest BCUT2D eigenvalue weighted by molar-refractivity contribution is 5.87. The molecule has 0 unspecified atom stereocenters. The normalized spacial score (nSPS) is 12.6. The molecule has 0 fully saturated rings. The van der Waals surface area contributed by atoms with E-state index in [4.69, 9.17) is 18.9 Å². The molecule has 0 aliphatic carbocycles. The fraction of sp³-hybridized carbons (Fsp3) is 0.222. The molecule has 0 saturated carbocycles. The van der Waals surface area contributed by atoms with Crippen LogP contribution in [-0.4, -0.2) is 48.6 Å². The molecule has 0 spiro atoms. The maximum atomic E-state index is 11.9. The molecule has 0 bridgehead atoms. The van der Waals surface area contributed by atoms with E-state index >= 15 is 0 Å². The molecule has 0 radical (unpaired) electrons. The van der Waals surface area contributed by atoms with E-state index in [1.807, 2.05) is 0 Å². The summed E-state index contributed by atoms with van der Waals surface area (Å²) < 4.78 is 19.7.